The topological polar surface area (TPSA) is 53.0 Å². The quantitative estimate of drug-likeness (QED) is 0.799. The number of hydrogen-bond donors (Lipinski definition) is 1. The highest BCUT2D eigenvalue weighted by atomic mass is 15.1. The minimum absolute atomic E-state index is 0.652. The van der Waals surface area contributed by atoms with E-state index >= 15 is 0 Å². The monoisotopic (exact) mass is 237 g/mol. The van der Waals surface area contributed by atoms with Gasteiger partial charge >= 0.3 is 0 Å². The SMILES string of the molecule is CC1CCCC(N(C)CCCC(C)(N)C#N)C1. The van der Waals surface area contributed by atoms with E-state index in [1.807, 2.05) is 6.92 Å². The fourth-order valence-corrected chi connectivity index (χ4v) is 2.74. The van der Waals surface area contributed by atoms with Crippen LogP contribution in [0.5, 0.6) is 0 Å². The molecular formula is C14H27N3. The molecule has 1 rings (SSSR count). The van der Waals surface area contributed by atoms with Crippen molar-refractivity contribution < 1.29 is 0 Å². The normalized spacial score (nSPS) is 28.7. The van der Waals surface area contributed by atoms with Crippen molar-refractivity contribution in [3.63, 3.8) is 0 Å². The van der Waals surface area contributed by atoms with E-state index in [0.717, 1.165) is 31.3 Å². The molecule has 0 bridgehead atoms. The summed E-state index contributed by atoms with van der Waals surface area (Å²) in [6.07, 6.45) is 7.22. The Bertz CT molecular complexity index is 267. The van der Waals surface area contributed by atoms with E-state index in [0.29, 0.717) is 0 Å². The summed E-state index contributed by atoms with van der Waals surface area (Å²) < 4.78 is 0. The van der Waals surface area contributed by atoms with Crippen LogP contribution in [0.3, 0.4) is 0 Å². The summed E-state index contributed by atoms with van der Waals surface area (Å²) in [6, 6.07) is 2.90. The lowest BCUT2D eigenvalue weighted by atomic mass is 9.86. The summed E-state index contributed by atoms with van der Waals surface area (Å²) in [5.41, 5.74) is 5.17. The van der Waals surface area contributed by atoms with E-state index in [-0.39, 0.29) is 0 Å². The van der Waals surface area contributed by atoms with Crippen molar-refractivity contribution in [3.05, 3.63) is 0 Å². The number of hydrogen-bond acceptors (Lipinski definition) is 3. The van der Waals surface area contributed by atoms with Crippen LogP contribution in [0.2, 0.25) is 0 Å². The smallest absolute Gasteiger partial charge is 0.101 e. The maximum atomic E-state index is 8.85. The van der Waals surface area contributed by atoms with Gasteiger partial charge in [0.05, 0.1) is 6.07 Å². The molecule has 1 aliphatic carbocycles. The molecule has 3 atom stereocenters. The van der Waals surface area contributed by atoms with Crippen molar-refractivity contribution in [2.45, 2.75) is 64.0 Å². The number of nitrogens with two attached hydrogens (primary N) is 1. The third kappa shape index (κ3) is 5.06. The molecule has 0 amide bonds. The fraction of sp³-hybridized carbons (Fsp3) is 0.929. The van der Waals surface area contributed by atoms with Crippen LogP contribution in [0.1, 0.15) is 52.4 Å². The number of nitriles is 1. The molecule has 98 valence electrons. The van der Waals surface area contributed by atoms with Gasteiger partial charge in [0.1, 0.15) is 5.54 Å². The van der Waals surface area contributed by atoms with E-state index < -0.39 is 5.54 Å². The van der Waals surface area contributed by atoms with Gasteiger partial charge in [0.2, 0.25) is 0 Å². The molecule has 0 aromatic carbocycles. The van der Waals surface area contributed by atoms with Gasteiger partial charge in [-0.15, -0.1) is 0 Å². The average molecular weight is 237 g/mol. The highest BCUT2D eigenvalue weighted by molar-refractivity contribution is 5.00. The van der Waals surface area contributed by atoms with Crippen LogP contribution in [0.4, 0.5) is 0 Å². The van der Waals surface area contributed by atoms with Crippen LogP contribution in [-0.2, 0) is 0 Å². The first-order chi connectivity index (χ1) is 7.94. The molecule has 1 saturated carbocycles. The first-order valence-electron chi connectivity index (χ1n) is 6.85. The summed E-state index contributed by atoms with van der Waals surface area (Å²) in [7, 11) is 2.21. The Hall–Kier alpha value is -0.590. The molecule has 17 heavy (non-hydrogen) atoms. The second kappa shape index (κ2) is 6.37. The Kier molecular flexibility index (Phi) is 5.42. The molecule has 2 N–H and O–H groups in total. The van der Waals surface area contributed by atoms with Crippen molar-refractivity contribution in [1.29, 1.82) is 5.26 Å². The van der Waals surface area contributed by atoms with E-state index in [1.165, 1.54) is 25.7 Å². The molecule has 0 heterocycles. The molecule has 0 radical (unpaired) electrons. The molecule has 1 aliphatic rings. The molecular weight excluding hydrogens is 210 g/mol. The first-order valence-corrected chi connectivity index (χ1v) is 6.85. The van der Waals surface area contributed by atoms with Crippen molar-refractivity contribution in [3.8, 4) is 6.07 Å². The fourth-order valence-electron chi connectivity index (χ4n) is 2.74. The Morgan fingerprint density at radius 2 is 2.18 bits per heavy atom. The Labute approximate surface area is 106 Å². The zero-order valence-corrected chi connectivity index (χ0v) is 11.6. The third-order valence-corrected chi connectivity index (χ3v) is 3.99. The van der Waals surface area contributed by atoms with Crippen molar-refractivity contribution in [2.75, 3.05) is 13.6 Å². The zero-order chi connectivity index (χ0) is 12.9. The minimum Gasteiger partial charge on any atom is -0.314 e. The number of nitrogens with zero attached hydrogens (tertiary/aromatic N) is 2. The lowest BCUT2D eigenvalue weighted by Crippen LogP contribution is -2.38. The van der Waals surface area contributed by atoms with Gasteiger partial charge in [-0.1, -0.05) is 19.8 Å². The predicted molar refractivity (Wildman–Crippen MR) is 71.5 cm³/mol. The van der Waals surface area contributed by atoms with Crippen LogP contribution < -0.4 is 5.73 Å². The molecule has 0 aromatic rings. The molecule has 3 nitrogen and oxygen atoms in total. The minimum atomic E-state index is -0.652. The summed E-state index contributed by atoms with van der Waals surface area (Å²) in [4.78, 5) is 2.46. The van der Waals surface area contributed by atoms with Gasteiger partial charge in [-0.3, -0.25) is 0 Å². The first kappa shape index (κ1) is 14.5. The highest BCUT2D eigenvalue weighted by Gasteiger charge is 2.23. The van der Waals surface area contributed by atoms with E-state index in [9.17, 15) is 0 Å². The lowest BCUT2D eigenvalue weighted by molar-refractivity contribution is 0.160. The van der Waals surface area contributed by atoms with Crippen LogP contribution in [0.15, 0.2) is 0 Å². The van der Waals surface area contributed by atoms with Gasteiger partial charge in [0, 0.05) is 6.04 Å². The second-order valence-electron chi connectivity index (χ2n) is 6.04. The zero-order valence-electron chi connectivity index (χ0n) is 11.6. The van der Waals surface area contributed by atoms with E-state index in [2.05, 4.69) is 24.9 Å². The average Bonchev–Trinajstić information content (AvgIpc) is 2.28. The van der Waals surface area contributed by atoms with E-state index in [1.54, 1.807) is 0 Å². The molecule has 0 aliphatic heterocycles. The largest absolute Gasteiger partial charge is 0.314 e. The lowest BCUT2D eigenvalue weighted by Gasteiger charge is -2.34. The molecule has 1 fully saturated rings. The summed E-state index contributed by atoms with van der Waals surface area (Å²) in [5, 5.41) is 8.85. The Morgan fingerprint density at radius 1 is 1.47 bits per heavy atom. The van der Waals surface area contributed by atoms with Gasteiger partial charge in [0.25, 0.3) is 0 Å². The van der Waals surface area contributed by atoms with Crippen LogP contribution in [0, 0.1) is 17.2 Å². The van der Waals surface area contributed by atoms with E-state index in [4.69, 9.17) is 11.0 Å². The van der Waals surface area contributed by atoms with Crippen LogP contribution >= 0.6 is 0 Å². The molecule has 3 heteroatoms. The summed E-state index contributed by atoms with van der Waals surface area (Å²) >= 11 is 0. The Morgan fingerprint density at radius 3 is 2.76 bits per heavy atom. The van der Waals surface area contributed by atoms with Crippen molar-refractivity contribution >= 4 is 0 Å². The van der Waals surface area contributed by atoms with Gasteiger partial charge in [-0.25, -0.2) is 0 Å². The summed E-state index contributed by atoms with van der Waals surface area (Å²) in [5.74, 6) is 0.870. The van der Waals surface area contributed by atoms with Gasteiger partial charge in [0.15, 0.2) is 0 Å². The standard InChI is InChI=1S/C14H27N3/c1-12-6-4-7-13(10-12)17(3)9-5-8-14(2,16)11-15/h12-13H,4-10,16H2,1-3H3. The maximum Gasteiger partial charge on any atom is 0.101 e. The second-order valence-corrected chi connectivity index (χ2v) is 6.04. The van der Waals surface area contributed by atoms with Crippen molar-refractivity contribution in [1.82, 2.24) is 4.90 Å². The highest BCUT2D eigenvalue weighted by Crippen LogP contribution is 2.26. The number of rotatable bonds is 5. The Balaban J connectivity index is 2.25. The van der Waals surface area contributed by atoms with Gasteiger partial charge < -0.3 is 10.6 Å². The van der Waals surface area contributed by atoms with Crippen LogP contribution in [0.25, 0.3) is 0 Å². The summed E-state index contributed by atoms with van der Waals surface area (Å²) in [6.45, 7) is 5.23. The third-order valence-electron chi connectivity index (χ3n) is 3.99. The van der Waals surface area contributed by atoms with Crippen LogP contribution in [-0.4, -0.2) is 30.1 Å². The molecule has 3 unspecified atom stereocenters. The predicted octanol–water partition coefficient (Wildman–Crippen LogP) is 2.52. The molecule has 0 aromatic heterocycles. The van der Waals surface area contributed by atoms with Gasteiger partial charge in [-0.05, 0) is 52.1 Å². The van der Waals surface area contributed by atoms with Gasteiger partial charge in [-0.2, -0.15) is 5.26 Å². The molecule has 0 saturated heterocycles. The molecule has 0 spiro atoms. The van der Waals surface area contributed by atoms with Crippen molar-refractivity contribution in [2.24, 2.45) is 11.7 Å². The maximum absolute atomic E-state index is 8.85.